The van der Waals surface area contributed by atoms with Crippen LogP contribution in [0.2, 0.25) is 0 Å². The zero-order valence-corrected chi connectivity index (χ0v) is 10.8. The standard InChI is InChI=1S/C16H17NO2/c18-16(17-11-4-12-17)10-8-14-7-9-15(19-14)13-5-2-1-3-6-13/h1-3,5-7,9H,4,8,10-12H2. The van der Waals surface area contributed by atoms with E-state index >= 15 is 0 Å². The molecule has 0 atom stereocenters. The molecule has 3 heteroatoms. The first kappa shape index (κ1) is 12.0. The minimum absolute atomic E-state index is 0.240. The number of likely N-dealkylation sites (tertiary alicyclic amines) is 1. The molecule has 0 unspecified atom stereocenters. The summed E-state index contributed by atoms with van der Waals surface area (Å²) >= 11 is 0. The van der Waals surface area contributed by atoms with E-state index in [1.54, 1.807) is 0 Å². The topological polar surface area (TPSA) is 33.5 Å². The molecule has 19 heavy (non-hydrogen) atoms. The van der Waals surface area contributed by atoms with E-state index in [1.165, 1.54) is 0 Å². The summed E-state index contributed by atoms with van der Waals surface area (Å²) in [6, 6.07) is 13.9. The zero-order chi connectivity index (χ0) is 13.1. The van der Waals surface area contributed by atoms with E-state index in [2.05, 4.69) is 0 Å². The summed E-state index contributed by atoms with van der Waals surface area (Å²) in [5, 5.41) is 0. The fourth-order valence-corrected chi connectivity index (χ4v) is 2.22. The van der Waals surface area contributed by atoms with E-state index in [9.17, 15) is 4.79 Å². The summed E-state index contributed by atoms with van der Waals surface area (Å²) < 4.78 is 5.78. The van der Waals surface area contributed by atoms with Crippen LogP contribution in [0.3, 0.4) is 0 Å². The maximum absolute atomic E-state index is 11.8. The Hall–Kier alpha value is -2.03. The normalized spacial score (nSPS) is 14.2. The van der Waals surface area contributed by atoms with Crippen LogP contribution in [0.5, 0.6) is 0 Å². The van der Waals surface area contributed by atoms with Crippen LogP contribution in [-0.2, 0) is 11.2 Å². The second-order valence-corrected chi connectivity index (χ2v) is 4.87. The molecule has 1 fully saturated rings. The van der Waals surface area contributed by atoms with Crippen LogP contribution in [0, 0.1) is 0 Å². The number of benzene rings is 1. The average Bonchev–Trinajstić information content (AvgIpc) is 2.84. The highest BCUT2D eigenvalue weighted by Gasteiger charge is 2.19. The predicted molar refractivity (Wildman–Crippen MR) is 73.7 cm³/mol. The van der Waals surface area contributed by atoms with Gasteiger partial charge in [0.1, 0.15) is 11.5 Å². The first-order valence-electron chi connectivity index (χ1n) is 6.75. The summed E-state index contributed by atoms with van der Waals surface area (Å²) in [7, 11) is 0. The third-order valence-corrected chi connectivity index (χ3v) is 3.51. The number of furan rings is 1. The number of amides is 1. The number of nitrogens with zero attached hydrogens (tertiary/aromatic N) is 1. The van der Waals surface area contributed by atoms with E-state index in [1.807, 2.05) is 47.4 Å². The molecule has 0 spiro atoms. The fraction of sp³-hybridized carbons (Fsp3) is 0.312. The smallest absolute Gasteiger partial charge is 0.223 e. The Morgan fingerprint density at radius 3 is 2.58 bits per heavy atom. The maximum Gasteiger partial charge on any atom is 0.223 e. The molecular weight excluding hydrogens is 238 g/mol. The molecule has 0 bridgehead atoms. The lowest BCUT2D eigenvalue weighted by atomic mass is 10.1. The number of hydrogen-bond donors (Lipinski definition) is 0. The Kier molecular flexibility index (Phi) is 3.36. The number of rotatable bonds is 4. The van der Waals surface area contributed by atoms with Crippen molar-refractivity contribution in [2.75, 3.05) is 13.1 Å². The Bertz CT molecular complexity index is 555. The van der Waals surface area contributed by atoms with E-state index in [4.69, 9.17) is 4.42 Å². The lowest BCUT2D eigenvalue weighted by Gasteiger charge is -2.30. The molecule has 1 aliphatic heterocycles. The third-order valence-electron chi connectivity index (χ3n) is 3.51. The second kappa shape index (κ2) is 5.31. The predicted octanol–water partition coefficient (Wildman–Crippen LogP) is 3.11. The van der Waals surface area contributed by atoms with Crippen LogP contribution < -0.4 is 0 Å². The van der Waals surface area contributed by atoms with Gasteiger partial charge in [-0.1, -0.05) is 30.3 Å². The van der Waals surface area contributed by atoms with Crippen LogP contribution in [0.15, 0.2) is 46.9 Å². The fourth-order valence-electron chi connectivity index (χ4n) is 2.22. The lowest BCUT2D eigenvalue weighted by molar-refractivity contribution is -0.134. The molecule has 1 aromatic heterocycles. The summed E-state index contributed by atoms with van der Waals surface area (Å²) in [6.45, 7) is 1.85. The van der Waals surface area contributed by atoms with E-state index in [0.29, 0.717) is 12.8 Å². The van der Waals surface area contributed by atoms with Gasteiger partial charge in [-0.05, 0) is 18.6 Å². The van der Waals surface area contributed by atoms with Crippen LogP contribution in [-0.4, -0.2) is 23.9 Å². The van der Waals surface area contributed by atoms with Gasteiger partial charge in [0.2, 0.25) is 5.91 Å². The largest absolute Gasteiger partial charge is 0.461 e. The van der Waals surface area contributed by atoms with Gasteiger partial charge in [-0.2, -0.15) is 0 Å². The average molecular weight is 255 g/mol. The van der Waals surface area contributed by atoms with Crippen molar-refractivity contribution in [2.24, 2.45) is 0 Å². The number of carbonyl (C=O) groups excluding carboxylic acids is 1. The van der Waals surface area contributed by atoms with Gasteiger partial charge in [-0.25, -0.2) is 0 Å². The van der Waals surface area contributed by atoms with Gasteiger partial charge in [0.15, 0.2) is 0 Å². The highest BCUT2D eigenvalue weighted by Crippen LogP contribution is 2.22. The van der Waals surface area contributed by atoms with Gasteiger partial charge in [-0.15, -0.1) is 0 Å². The highest BCUT2D eigenvalue weighted by atomic mass is 16.3. The molecule has 0 aliphatic carbocycles. The molecular formula is C16H17NO2. The van der Waals surface area contributed by atoms with Gasteiger partial charge in [0.25, 0.3) is 0 Å². The first-order valence-corrected chi connectivity index (χ1v) is 6.75. The summed E-state index contributed by atoms with van der Waals surface area (Å²) in [4.78, 5) is 13.7. The van der Waals surface area contributed by atoms with Crippen LogP contribution >= 0.6 is 0 Å². The van der Waals surface area contributed by atoms with Crippen LogP contribution in [0.25, 0.3) is 11.3 Å². The van der Waals surface area contributed by atoms with Crippen molar-refractivity contribution in [1.29, 1.82) is 0 Å². The minimum atomic E-state index is 0.240. The molecule has 3 nitrogen and oxygen atoms in total. The van der Waals surface area contributed by atoms with Crippen molar-refractivity contribution in [1.82, 2.24) is 4.90 Å². The molecule has 1 aromatic carbocycles. The minimum Gasteiger partial charge on any atom is -0.461 e. The quantitative estimate of drug-likeness (QED) is 0.841. The Balaban J connectivity index is 1.60. The third kappa shape index (κ3) is 2.70. The second-order valence-electron chi connectivity index (χ2n) is 4.87. The number of hydrogen-bond acceptors (Lipinski definition) is 2. The van der Waals surface area contributed by atoms with Crippen molar-refractivity contribution in [3.05, 3.63) is 48.2 Å². The molecule has 2 aromatic rings. The Morgan fingerprint density at radius 2 is 1.89 bits per heavy atom. The van der Waals surface area contributed by atoms with Gasteiger partial charge in [0.05, 0.1) is 0 Å². The molecule has 0 N–H and O–H groups in total. The SMILES string of the molecule is O=C(CCc1ccc(-c2ccccc2)o1)N1CCC1. The molecule has 1 saturated heterocycles. The summed E-state index contributed by atoms with van der Waals surface area (Å²) in [5.41, 5.74) is 1.07. The molecule has 2 heterocycles. The number of carbonyl (C=O) groups is 1. The van der Waals surface area contributed by atoms with Gasteiger partial charge >= 0.3 is 0 Å². The van der Waals surface area contributed by atoms with Gasteiger partial charge in [-0.3, -0.25) is 4.79 Å². The van der Waals surface area contributed by atoms with Crippen LogP contribution in [0.4, 0.5) is 0 Å². The van der Waals surface area contributed by atoms with E-state index in [0.717, 1.165) is 36.6 Å². The van der Waals surface area contributed by atoms with Crippen molar-refractivity contribution in [3.63, 3.8) is 0 Å². The van der Waals surface area contributed by atoms with Gasteiger partial charge < -0.3 is 9.32 Å². The van der Waals surface area contributed by atoms with Crippen molar-refractivity contribution in [3.8, 4) is 11.3 Å². The van der Waals surface area contributed by atoms with Crippen molar-refractivity contribution < 1.29 is 9.21 Å². The van der Waals surface area contributed by atoms with Crippen LogP contribution in [0.1, 0.15) is 18.6 Å². The van der Waals surface area contributed by atoms with Crippen molar-refractivity contribution in [2.45, 2.75) is 19.3 Å². The lowest BCUT2D eigenvalue weighted by Crippen LogP contribution is -2.42. The summed E-state index contributed by atoms with van der Waals surface area (Å²) in [6.07, 6.45) is 2.37. The highest BCUT2D eigenvalue weighted by molar-refractivity contribution is 5.77. The molecule has 98 valence electrons. The van der Waals surface area contributed by atoms with E-state index in [-0.39, 0.29) is 5.91 Å². The first-order chi connectivity index (χ1) is 9.33. The molecule has 3 rings (SSSR count). The summed E-state index contributed by atoms with van der Waals surface area (Å²) in [5.74, 6) is 1.99. The molecule has 0 saturated carbocycles. The Labute approximate surface area is 112 Å². The Morgan fingerprint density at radius 1 is 1.11 bits per heavy atom. The van der Waals surface area contributed by atoms with Gasteiger partial charge in [0, 0.05) is 31.5 Å². The number of aryl methyl sites for hydroxylation is 1. The molecule has 1 amide bonds. The zero-order valence-electron chi connectivity index (χ0n) is 10.8. The molecule has 0 radical (unpaired) electrons. The maximum atomic E-state index is 11.8. The van der Waals surface area contributed by atoms with E-state index < -0.39 is 0 Å². The van der Waals surface area contributed by atoms with Crippen molar-refractivity contribution >= 4 is 5.91 Å². The monoisotopic (exact) mass is 255 g/mol. The molecule has 1 aliphatic rings.